The van der Waals surface area contributed by atoms with Gasteiger partial charge < -0.3 is 15.4 Å². The van der Waals surface area contributed by atoms with Crippen LogP contribution in [0.4, 0.5) is 0 Å². The SMILES string of the molecule is CN(CC1CCCOC1)CC(N)c1cccs1. The van der Waals surface area contributed by atoms with Gasteiger partial charge in [-0.2, -0.15) is 0 Å². The van der Waals surface area contributed by atoms with E-state index < -0.39 is 0 Å². The third-order valence-electron chi connectivity index (χ3n) is 3.24. The fourth-order valence-corrected chi connectivity index (χ4v) is 3.12. The summed E-state index contributed by atoms with van der Waals surface area (Å²) in [5, 5.41) is 2.09. The zero-order chi connectivity index (χ0) is 12.1. The number of hydrogen-bond donors (Lipinski definition) is 1. The lowest BCUT2D eigenvalue weighted by molar-refractivity contribution is 0.0414. The maximum atomic E-state index is 6.18. The van der Waals surface area contributed by atoms with Gasteiger partial charge >= 0.3 is 0 Å². The zero-order valence-electron chi connectivity index (χ0n) is 10.5. The Kier molecular flexibility index (Phi) is 4.98. The molecule has 2 rings (SSSR count). The summed E-state index contributed by atoms with van der Waals surface area (Å²) in [5.41, 5.74) is 6.18. The summed E-state index contributed by atoms with van der Waals surface area (Å²) in [4.78, 5) is 3.61. The van der Waals surface area contributed by atoms with E-state index in [1.807, 2.05) is 0 Å². The van der Waals surface area contributed by atoms with E-state index in [0.29, 0.717) is 5.92 Å². The third-order valence-corrected chi connectivity index (χ3v) is 4.25. The van der Waals surface area contributed by atoms with E-state index >= 15 is 0 Å². The fourth-order valence-electron chi connectivity index (χ4n) is 2.39. The Labute approximate surface area is 108 Å². The van der Waals surface area contributed by atoms with Crippen molar-refractivity contribution in [3.63, 3.8) is 0 Å². The number of rotatable bonds is 5. The van der Waals surface area contributed by atoms with Gasteiger partial charge in [-0.05, 0) is 37.3 Å². The molecule has 1 aliphatic heterocycles. The molecule has 0 amide bonds. The molecule has 1 saturated heterocycles. The van der Waals surface area contributed by atoms with Crippen molar-refractivity contribution < 1.29 is 4.74 Å². The molecule has 2 atom stereocenters. The molecule has 0 aromatic carbocycles. The quantitative estimate of drug-likeness (QED) is 0.874. The standard InChI is InChI=1S/C13H22N2OS/c1-15(8-11-4-2-6-16-10-11)9-12(14)13-5-3-7-17-13/h3,5,7,11-12H,2,4,6,8-10,14H2,1H3. The van der Waals surface area contributed by atoms with Gasteiger partial charge in [-0.15, -0.1) is 11.3 Å². The maximum Gasteiger partial charge on any atom is 0.0518 e. The van der Waals surface area contributed by atoms with E-state index in [1.54, 1.807) is 11.3 Å². The lowest BCUT2D eigenvalue weighted by Gasteiger charge is -2.28. The van der Waals surface area contributed by atoms with E-state index in [2.05, 4.69) is 29.5 Å². The molecule has 4 heteroatoms. The van der Waals surface area contributed by atoms with Gasteiger partial charge in [-0.25, -0.2) is 0 Å². The van der Waals surface area contributed by atoms with E-state index in [0.717, 1.165) is 26.3 Å². The molecule has 3 nitrogen and oxygen atoms in total. The summed E-state index contributed by atoms with van der Waals surface area (Å²) in [5.74, 6) is 0.685. The third kappa shape index (κ3) is 4.07. The van der Waals surface area contributed by atoms with Gasteiger partial charge in [-0.3, -0.25) is 0 Å². The zero-order valence-corrected chi connectivity index (χ0v) is 11.3. The molecule has 1 fully saturated rings. The number of nitrogens with two attached hydrogens (primary N) is 1. The minimum absolute atomic E-state index is 0.143. The Morgan fingerprint density at radius 1 is 1.65 bits per heavy atom. The summed E-state index contributed by atoms with van der Waals surface area (Å²) in [6.45, 7) is 3.88. The summed E-state index contributed by atoms with van der Waals surface area (Å²) >= 11 is 1.74. The second-order valence-corrected chi connectivity index (χ2v) is 5.91. The van der Waals surface area contributed by atoms with Crippen molar-refractivity contribution in [2.45, 2.75) is 18.9 Å². The summed E-state index contributed by atoms with van der Waals surface area (Å²) in [7, 11) is 2.15. The summed E-state index contributed by atoms with van der Waals surface area (Å²) in [6, 6.07) is 4.33. The molecule has 0 saturated carbocycles. The van der Waals surface area contributed by atoms with Crippen molar-refractivity contribution in [2.75, 3.05) is 33.4 Å². The average molecular weight is 254 g/mol. The molecule has 0 bridgehead atoms. The average Bonchev–Trinajstić information content (AvgIpc) is 2.83. The van der Waals surface area contributed by atoms with Gasteiger partial charge in [0, 0.05) is 24.6 Å². The van der Waals surface area contributed by atoms with Gasteiger partial charge in [0.2, 0.25) is 0 Å². The summed E-state index contributed by atoms with van der Waals surface area (Å²) in [6.07, 6.45) is 2.49. The Morgan fingerprint density at radius 2 is 2.53 bits per heavy atom. The first-order chi connectivity index (χ1) is 8.25. The lowest BCUT2D eigenvalue weighted by Crippen LogP contribution is -2.35. The Hall–Kier alpha value is -0.420. The van der Waals surface area contributed by atoms with Gasteiger partial charge in [0.05, 0.1) is 12.6 Å². The first-order valence-corrected chi connectivity index (χ1v) is 7.19. The highest BCUT2D eigenvalue weighted by molar-refractivity contribution is 7.10. The second-order valence-electron chi connectivity index (χ2n) is 4.93. The first kappa shape index (κ1) is 13.0. The highest BCUT2D eigenvalue weighted by atomic mass is 32.1. The van der Waals surface area contributed by atoms with Gasteiger partial charge in [-0.1, -0.05) is 6.07 Å². The van der Waals surface area contributed by atoms with Crippen molar-refractivity contribution in [1.82, 2.24) is 4.90 Å². The van der Waals surface area contributed by atoms with Crippen LogP contribution in [0.2, 0.25) is 0 Å². The topological polar surface area (TPSA) is 38.5 Å². The molecule has 2 heterocycles. The Balaban J connectivity index is 1.74. The van der Waals surface area contributed by atoms with Crippen LogP contribution in [0, 0.1) is 5.92 Å². The van der Waals surface area contributed by atoms with Gasteiger partial charge in [0.15, 0.2) is 0 Å². The molecule has 0 radical (unpaired) electrons. The molecular formula is C13H22N2OS. The maximum absolute atomic E-state index is 6.18. The number of ether oxygens (including phenoxy) is 1. The second kappa shape index (κ2) is 6.50. The molecule has 1 aromatic heterocycles. The molecular weight excluding hydrogens is 232 g/mol. The van der Waals surface area contributed by atoms with E-state index in [9.17, 15) is 0 Å². The normalized spacial score (nSPS) is 22.9. The lowest BCUT2D eigenvalue weighted by atomic mass is 10.0. The fraction of sp³-hybridized carbons (Fsp3) is 0.692. The van der Waals surface area contributed by atoms with Crippen LogP contribution in [0.5, 0.6) is 0 Å². The molecule has 2 unspecified atom stereocenters. The monoisotopic (exact) mass is 254 g/mol. The first-order valence-electron chi connectivity index (χ1n) is 6.31. The Bertz CT molecular complexity index is 309. The minimum Gasteiger partial charge on any atom is -0.381 e. The van der Waals surface area contributed by atoms with E-state index in [1.165, 1.54) is 17.7 Å². The smallest absolute Gasteiger partial charge is 0.0518 e. The molecule has 0 aliphatic carbocycles. The predicted octanol–water partition coefficient (Wildman–Crippen LogP) is 2.11. The summed E-state index contributed by atoms with van der Waals surface area (Å²) < 4.78 is 5.50. The number of hydrogen-bond acceptors (Lipinski definition) is 4. The minimum atomic E-state index is 0.143. The largest absolute Gasteiger partial charge is 0.381 e. The van der Waals surface area contributed by atoms with Crippen molar-refractivity contribution in [2.24, 2.45) is 11.7 Å². The van der Waals surface area contributed by atoms with Crippen LogP contribution >= 0.6 is 11.3 Å². The molecule has 2 N–H and O–H groups in total. The highest BCUT2D eigenvalue weighted by Gasteiger charge is 2.17. The predicted molar refractivity (Wildman–Crippen MR) is 72.3 cm³/mol. The van der Waals surface area contributed by atoms with Crippen molar-refractivity contribution >= 4 is 11.3 Å². The van der Waals surface area contributed by atoms with Crippen LogP contribution in [0.1, 0.15) is 23.8 Å². The molecule has 0 spiro atoms. The van der Waals surface area contributed by atoms with Crippen LogP contribution in [-0.4, -0.2) is 38.3 Å². The Morgan fingerprint density at radius 3 is 3.18 bits per heavy atom. The van der Waals surface area contributed by atoms with Crippen LogP contribution in [0.25, 0.3) is 0 Å². The van der Waals surface area contributed by atoms with Crippen molar-refractivity contribution in [3.8, 4) is 0 Å². The molecule has 96 valence electrons. The van der Waals surface area contributed by atoms with Crippen LogP contribution in [0.15, 0.2) is 17.5 Å². The molecule has 1 aromatic rings. The van der Waals surface area contributed by atoms with Gasteiger partial charge in [0.1, 0.15) is 0 Å². The molecule has 17 heavy (non-hydrogen) atoms. The molecule has 1 aliphatic rings. The highest BCUT2D eigenvalue weighted by Crippen LogP contribution is 2.19. The van der Waals surface area contributed by atoms with Crippen molar-refractivity contribution in [3.05, 3.63) is 22.4 Å². The van der Waals surface area contributed by atoms with Crippen molar-refractivity contribution in [1.29, 1.82) is 0 Å². The number of nitrogens with zero attached hydrogens (tertiary/aromatic N) is 1. The van der Waals surface area contributed by atoms with E-state index in [-0.39, 0.29) is 6.04 Å². The van der Waals surface area contributed by atoms with Gasteiger partial charge in [0.25, 0.3) is 0 Å². The van der Waals surface area contributed by atoms with Crippen LogP contribution < -0.4 is 5.73 Å². The number of thiophene rings is 1. The number of likely N-dealkylation sites (N-methyl/N-ethyl adjacent to an activating group) is 1. The van der Waals surface area contributed by atoms with E-state index in [4.69, 9.17) is 10.5 Å². The van der Waals surface area contributed by atoms with Crippen LogP contribution in [0.3, 0.4) is 0 Å². The van der Waals surface area contributed by atoms with Crippen LogP contribution in [-0.2, 0) is 4.74 Å².